The van der Waals surface area contributed by atoms with Crippen LogP contribution in [-0.2, 0) is 0 Å². The van der Waals surface area contributed by atoms with Crippen molar-refractivity contribution in [3.8, 4) is 0 Å². The van der Waals surface area contributed by atoms with Crippen molar-refractivity contribution in [3.63, 3.8) is 0 Å². The third-order valence-electron chi connectivity index (χ3n) is 0.741. The maximum absolute atomic E-state index is 12.0. The zero-order valence-electron chi connectivity index (χ0n) is 4.40. The lowest BCUT2D eigenvalue weighted by Crippen LogP contribution is -2.22. The van der Waals surface area contributed by atoms with E-state index < -0.39 is 11.7 Å². The molecule has 0 aromatic rings. The summed E-state index contributed by atoms with van der Waals surface area (Å²) in [5.41, 5.74) is 4.88. The van der Waals surface area contributed by atoms with Crippen LogP contribution in [0.2, 0.25) is 0 Å². The molecule has 0 aliphatic heterocycles. The Hall–Kier alpha value is 0.170. The molecule has 0 atom stereocenters. The van der Waals surface area contributed by atoms with Crippen LogP contribution in [0.15, 0.2) is 0 Å². The van der Waals surface area contributed by atoms with E-state index in [0.717, 1.165) is 0 Å². The summed E-state index contributed by atoms with van der Waals surface area (Å²) in [5, 5.41) is 0. The van der Waals surface area contributed by atoms with Gasteiger partial charge in [0.25, 0.3) is 5.92 Å². The van der Waals surface area contributed by atoms with Gasteiger partial charge >= 0.3 is 0 Å². The fraction of sp³-hybridized carbons (Fsp3) is 1.00. The molecule has 2 N–H and O–H groups in total. The molecule has 0 saturated carbocycles. The number of rotatable bonds is 3. The van der Waals surface area contributed by atoms with Gasteiger partial charge in [-0.1, -0.05) is 0 Å². The minimum Gasteiger partial charge on any atom is -0.330 e. The Kier molecular flexibility index (Phi) is 3.31. The second-order valence-electron chi connectivity index (χ2n) is 1.55. The van der Waals surface area contributed by atoms with Gasteiger partial charge in [0.15, 0.2) is 0 Å². The summed E-state index contributed by atoms with van der Waals surface area (Å²) in [4.78, 5) is 0. The molecule has 0 aliphatic rings. The largest absolute Gasteiger partial charge is 0.330 e. The fourth-order valence-electron chi connectivity index (χ4n) is 0.290. The normalized spacial score (nSPS) is 12.0. The standard InChI is InChI=1S/C4H9F2NS/c5-4(6,3-8)1-2-7/h8H,1-3,7H2. The molecule has 50 valence electrons. The topological polar surface area (TPSA) is 26.0 Å². The van der Waals surface area contributed by atoms with Crippen LogP contribution in [0.25, 0.3) is 0 Å². The summed E-state index contributed by atoms with van der Waals surface area (Å²) < 4.78 is 24.0. The Labute approximate surface area is 52.7 Å². The first-order valence-electron chi connectivity index (χ1n) is 2.31. The van der Waals surface area contributed by atoms with E-state index in [0.29, 0.717) is 0 Å². The second kappa shape index (κ2) is 3.25. The number of hydrogen-bond acceptors (Lipinski definition) is 2. The quantitative estimate of drug-likeness (QED) is 0.561. The number of halogens is 2. The average Bonchev–Trinajstić information content (AvgIpc) is 1.67. The van der Waals surface area contributed by atoms with Gasteiger partial charge in [0, 0.05) is 6.42 Å². The Morgan fingerprint density at radius 1 is 1.50 bits per heavy atom. The maximum Gasteiger partial charge on any atom is 0.257 e. The lowest BCUT2D eigenvalue weighted by Gasteiger charge is -2.09. The van der Waals surface area contributed by atoms with Gasteiger partial charge in [-0.3, -0.25) is 0 Å². The van der Waals surface area contributed by atoms with Crippen molar-refractivity contribution in [1.29, 1.82) is 0 Å². The van der Waals surface area contributed by atoms with Crippen molar-refractivity contribution in [2.24, 2.45) is 5.73 Å². The van der Waals surface area contributed by atoms with Crippen LogP contribution in [0.5, 0.6) is 0 Å². The van der Waals surface area contributed by atoms with E-state index in [-0.39, 0.29) is 13.0 Å². The Balaban J connectivity index is 3.37. The fourth-order valence-corrected chi connectivity index (χ4v) is 0.448. The molecule has 0 aromatic carbocycles. The minimum absolute atomic E-state index is 0.0214. The summed E-state index contributed by atoms with van der Waals surface area (Å²) in [5.74, 6) is -3.08. The van der Waals surface area contributed by atoms with Gasteiger partial charge in [-0.2, -0.15) is 12.6 Å². The van der Waals surface area contributed by atoms with E-state index >= 15 is 0 Å². The molecule has 0 amide bonds. The Bertz CT molecular complexity index is 67.1. The smallest absolute Gasteiger partial charge is 0.257 e. The third kappa shape index (κ3) is 3.21. The Morgan fingerprint density at radius 3 is 2.12 bits per heavy atom. The zero-order valence-corrected chi connectivity index (χ0v) is 5.30. The van der Waals surface area contributed by atoms with Crippen LogP contribution in [0, 0.1) is 0 Å². The molecular formula is C4H9F2NS. The van der Waals surface area contributed by atoms with Crippen LogP contribution in [0.4, 0.5) is 8.78 Å². The van der Waals surface area contributed by atoms with Crippen molar-refractivity contribution >= 4 is 12.6 Å². The molecule has 0 aliphatic carbocycles. The van der Waals surface area contributed by atoms with Gasteiger partial charge in [-0.15, -0.1) is 0 Å². The molecule has 0 bridgehead atoms. The highest BCUT2D eigenvalue weighted by Gasteiger charge is 2.24. The van der Waals surface area contributed by atoms with Crippen LogP contribution in [-0.4, -0.2) is 18.2 Å². The van der Waals surface area contributed by atoms with Crippen LogP contribution >= 0.6 is 12.6 Å². The molecular weight excluding hydrogens is 132 g/mol. The van der Waals surface area contributed by atoms with Gasteiger partial charge in [-0.05, 0) is 6.54 Å². The molecule has 0 saturated heterocycles. The summed E-state index contributed by atoms with van der Waals surface area (Å²) >= 11 is 3.43. The molecule has 1 nitrogen and oxygen atoms in total. The van der Waals surface area contributed by atoms with Crippen molar-refractivity contribution in [2.45, 2.75) is 12.3 Å². The second-order valence-corrected chi connectivity index (χ2v) is 1.87. The molecule has 0 aromatic heterocycles. The first-order chi connectivity index (χ1) is 3.62. The molecule has 0 unspecified atom stereocenters. The maximum atomic E-state index is 12.0. The summed E-state index contributed by atoms with van der Waals surface area (Å²) in [6.45, 7) is 0.0214. The number of thiol groups is 1. The lowest BCUT2D eigenvalue weighted by molar-refractivity contribution is 0.0214. The highest BCUT2D eigenvalue weighted by Crippen LogP contribution is 2.17. The van der Waals surface area contributed by atoms with Gasteiger partial charge in [0.05, 0.1) is 5.75 Å². The average molecular weight is 141 g/mol. The van der Waals surface area contributed by atoms with Gasteiger partial charge < -0.3 is 5.73 Å². The molecule has 0 fully saturated rings. The lowest BCUT2D eigenvalue weighted by atomic mass is 10.3. The highest BCUT2D eigenvalue weighted by atomic mass is 32.1. The third-order valence-corrected chi connectivity index (χ3v) is 1.20. The predicted octanol–water partition coefficient (Wildman–Crippen LogP) is 0.900. The molecule has 0 radical (unpaired) electrons. The van der Waals surface area contributed by atoms with E-state index in [1.807, 2.05) is 0 Å². The molecule has 0 rings (SSSR count). The first-order valence-corrected chi connectivity index (χ1v) is 2.94. The number of alkyl halides is 2. The van der Waals surface area contributed by atoms with E-state index in [9.17, 15) is 8.78 Å². The van der Waals surface area contributed by atoms with Crippen LogP contribution in [0.1, 0.15) is 6.42 Å². The van der Waals surface area contributed by atoms with Crippen molar-refractivity contribution in [3.05, 3.63) is 0 Å². The zero-order chi connectivity index (χ0) is 6.62. The van der Waals surface area contributed by atoms with Gasteiger partial charge in [0.1, 0.15) is 0 Å². The van der Waals surface area contributed by atoms with E-state index in [4.69, 9.17) is 5.73 Å². The van der Waals surface area contributed by atoms with Crippen LogP contribution in [0.3, 0.4) is 0 Å². The molecule has 8 heavy (non-hydrogen) atoms. The first kappa shape index (κ1) is 8.17. The predicted molar refractivity (Wildman–Crippen MR) is 32.5 cm³/mol. The highest BCUT2D eigenvalue weighted by molar-refractivity contribution is 7.80. The SMILES string of the molecule is NCCC(F)(F)CS. The van der Waals surface area contributed by atoms with E-state index in [1.54, 1.807) is 0 Å². The van der Waals surface area contributed by atoms with Crippen molar-refractivity contribution in [1.82, 2.24) is 0 Å². The molecule has 4 heteroatoms. The number of hydrogen-bond donors (Lipinski definition) is 2. The Morgan fingerprint density at radius 2 is 2.00 bits per heavy atom. The van der Waals surface area contributed by atoms with Crippen molar-refractivity contribution in [2.75, 3.05) is 12.3 Å². The molecule has 0 heterocycles. The summed E-state index contributed by atoms with van der Waals surface area (Å²) in [6.07, 6.45) is -0.267. The monoisotopic (exact) mass is 141 g/mol. The van der Waals surface area contributed by atoms with Gasteiger partial charge in [0.2, 0.25) is 0 Å². The summed E-state index contributed by atoms with van der Waals surface area (Å²) in [7, 11) is 0. The minimum atomic E-state index is -2.67. The summed E-state index contributed by atoms with van der Waals surface area (Å²) in [6, 6.07) is 0. The van der Waals surface area contributed by atoms with E-state index in [2.05, 4.69) is 12.6 Å². The van der Waals surface area contributed by atoms with Gasteiger partial charge in [-0.25, -0.2) is 8.78 Å². The van der Waals surface area contributed by atoms with E-state index in [1.165, 1.54) is 0 Å². The van der Waals surface area contributed by atoms with Crippen molar-refractivity contribution < 1.29 is 8.78 Å². The number of nitrogens with two attached hydrogens (primary N) is 1. The molecule has 0 spiro atoms. The van der Waals surface area contributed by atoms with Crippen LogP contribution < -0.4 is 5.73 Å².